The molecule has 4 N–H and O–H groups in total. The molecule has 0 aliphatic carbocycles. The van der Waals surface area contributed by atoms with Gasteiger partial charge in [0.2, 0.25) is 0 Å². The number of carbonyl (C=O) groups is 1. The van der Waals surface area contributed by atoms with Gasteiger partial charge in [0.25, 0.3) is 0 Å². The molecule has 0 aromatic heterocycles. The van der Waals surface area contributed by atoms with Gasteiger partial charge in [0, 0.05) is 6.54 Å². The number of urea groups is 1. The number of aryl methyl sites for hydroxylation is 3. The number of amides is 2. The van der Waals surface area contributed by atoms with Crippen LogP contribution in [-0.2, 0) is 6.54 Å². The summed E-state index contributed by atoms with van der Waals surface area (Å²) in [4.78, 5) is 10.9. The van der Waals surface area contributed by atoms with E-state index in [9.17, 15) is 4.79 Å². The Bertz CT molecular complexity index is 374. The molecule has 0 heterocycles. The van der Waals surface area contributed by atoms with Crippen LogP contribution in [0.15, 0.2) is 12.1 Å². The fraction of sp³-hybridized carbons (Fsp3) is 0.364. The number of nitrogens with one attached hydrogen (secondary N) is 2. The molecule has 0 bridgehead atoms. The van der Waals surface area contributed by atoms with Crippen LogP contribution in [0.4, 0.5) is 4.79 Å². The van der Waals surface area contributed by atoms with E-state index in [0.717, 1.165) is 5.56 Å². The zero-order valence-electron chi connectivity index (χ0n) is 9.35. The Labute approximate surface area is 89.8 Å². The van der Waals surface area contributed by atoms with Crippen molar-refractivity contribution in [3.05, 3.63) is 34.4 Å². The number of rotatable bonds is 2. The van der Waals surface area contributed by atoms with Crippen molar-refractivity contribution in [2.24, 2.45) is 5.84 Å². The quantitative estimate of drug-likeness (QED) is 0.388. The number of hydrogen-bond donors (Lipinski definition) is 3. The lowest BCUT2D eigenvalue weighted by atomic mass is 10.0. The molecule has 4 heteroatoms. The third-order valence-corrected chi connectivity index (χ3v) is 2.52. The normalized spacial score (nSPS) is 9.87. The lowest BCUT2D eigenvalue weighted by Gasteiger charge is -2.10. The van der Waals surface area contributed by atoms with Crippen LogP contribution in [0.1, 0.15) is 22.3 Å². The van der Waals surface area contributed by atoms with Crippen LogP contribution in [0, 0.1) is 20.8 Å². The monoisotopic (exact) mass is 207 g/mol. The Hall–Kier alpha value is -1.55. The van der Waals surface area contributed by atoms with Gasteiger partial charge >= 0.3 is 6.03 Å². The van der Waals surface area contributed by atoms with Crippen LogP contribution in [0.5, 0.6) is 0 Å². The van der Waals surface area contributed by atoms with E-state index >= 15 is 0 Å². The first-order valence-electron chi connectivity index (χ1n) is 4.85. The molecule has 15 heavy (non-hydrogen) atoms. The molecule has 0 saturated carbocycles. The average Bonchev–Trinajstić information content (AvgIpc) is 2.21. The van der Waals surface area contributed by atoms with E-state index in [0.29, 0.717) is 6.54 Å². The van der Waals surface area contributed by atoms with Gasteiger partial charge in [-0.15, -0.1) is 0 Å². The van der Waals surface area contributed by atoms with Crippen LogP contribution in [0.25, 0.3) is 0 Å². The summed E-state index contributed by atoms with van der Waals surface area (Å²) in [6, 6.07) is 3.83. The van der Waals surface area contributed by atoms with Crippen LogP contribution in [0.2, 0.25) is 0 Å². The van der Waals surface area contributed by atoms with Crippen LogP contribution in [-0.4, -0.2) is 6.03 Å². The van der Waals surface area contributed by atoms with E-state index in [4.69, 9.17) is 5.84 Å². The third kappa shape index (κ3) is 2.95. The van der Waals surface area contributed by atoms with Crippen molar-refractivity contribution in [2.75, 3.05) is 0 Å². The fourth-order valence-corrected chi connectivity index (χ4v) is 1.44. The number of hydrogen-bond acceptors (Lipinski definition) is 2. The van der Waals surface area contributed by atoms with E-state index in [1.165, 1.54) is 16.7 Å². The molecule has 0 radical (unpaired) electrons. The molecule has 1 aromatic carbocycles. The average molecular weight is 207 g/mol. The molecule has 0 aliphatic heterocycles. The van der Waals surface area contributed by atoms with E-state index < -0.39 is 0 Å². The standard InChI is InChI=1S/C11H17N3O/c1-7-4-9(3)10(5-8(7)2)6-13-11(15)14-12/h4-5H,6,12H2,1-3H3,(H2,13,14,15). The summed E-state index contributed by atoms with van der Waals surface area (Å²) in [7, 11) is 0. The molecule has 82 valence electrons. The van der Waals surface area contributed by atoms with Crippen LogP contribution < -0.4 is 16.6 Å². The second-order valence-corrected chi connectivity index (χ2v) is 3.69. The highest BCUT2D eigenvalue weighted by Crippen LogP contribution is 2.14. The van der Waals surface area contributed by atoms with Gasteiger partial charge in [0.1, 0.15) is 0 Å². The zero-order valence-corrected chi connectivity index (χ0v) is 9.35. The Morgan fingerprint density at radius 1 is 1.20 bits per heavy atom. The largest absolute Gasteiger partial charge is 0.333 e. The maximum atomic E-state index is 10.9. The highest BCUT2D eigenvalue weighted by molar-refractivity contribution is 5.73. The molecule has 1 rings (SSSR count). The van der Waals surface area contributed by atoms with Gasteiger partial charge in [-0.1, -0.05) is 12.1 Å². The van der Waals surface area contributed by atoms with Crippen LogP contribution in [0.3, 0.4) is 0 Å². The van der Waals surface area contributed by atoms with Gasteiger partial charge in [0.15, 0.2) is 0 Å². The van der Waals surface area contributed by atoms with Crippen molar-refractivity contribution in [1.29, 1.82) is 0 Å². The van der Waals surface area contributed by atoms with E-state index in [1.807, 2.05) is 12.3 Å². The molecule has 2 amide bonds. The minimum Gasteiger partial charge on any atom is -0.333 e. The fourth-order valence-electron chi connectivity index (χ4n) is 1.44. The second-order valence-electron chi connectivity index (χ2n) is 3.69. The predicted molar refractivity (Wildman–Crippen MR) is 60.2 cm³/mol. The van der Waals surface area contributed by atoms with E-state index in [-0.39, 0.29) is 6.03 Å². The van der Waals surface area contributed by atoms with Crippen molar-refractivity contribution in [3.63, 3.8) is 0 Å². The molecule has 0 aliphatic rings. The first-order chi connectivity index (χ1) is 7.04. The Balaban J connectivity index is 2.77. The summed E-state index contributed by atoms with van der Waals surface area (Å²) >= 11 is 0. The van der Waals surface area contributed by atoms with Gasteiger partial charge in [-0.05, 0) is 43.0 Å². The number of benzene rings is 1. The summed E-state index contributed by atoms with van der Waals surface area (Å²) in [5.41, 5.74) is 6.81. The summed E-state index contributed by atoms with van der Waals surface area (Å²) in [6.07, 6.45) is 0. The van der Waals surface area contributed by atoms with Gasteiger partial charge in [-0.2, -0.15) is 0 Å². The highest BCUT2D eigenvalue weighted by Gasteiger charge is 2.03. The molecule has 0 saturated heterocycles. The van der Waals surface area contributed by atoms with E-state index in [1.54, 1.807) is 0 Å². The number of nitrogens with two attached hydrogens (primary N) is 1. The lowest BCUT2D eigenvalue weighted by molar-refractivity contribution is 0.241. The van der Waals surface area contributed by atoms with Crippen molar-refractivity contribution >= 4 is 6.03 Å². The maximum absolute atomic E-state index is 10.9. The summed E-state index contributed by atoms with van der Waals surface area (Å²) in [5, 5.41) is 2.66. The van der Waals surface area contributed by atoms with Crippen LogP contribution >= 0.6 is 0 Å². The zero-order chi connectivity index (χ0) is 11.4. The van der Waals surface area contributed by atoms with Gasteiger partial charge in [0.05, 0.1) is 0 Å². The molecule has 0 atom stereocenters. The van der Waals surface area contributed by atoms with E-state index in [2.05, 4.69) is 31.3 Å². The Morgan fingerprint density at radius 3 is 2.40 bits per heavy atom. The summed E-state index contributed by atoms with van der Waals surface area (Å²) < 4.78 is 0. The smallest absolute Gasteiger partial charge is 0.329 e. The van der Waals surface area contributed by atoms with Gasteiger partial charge in [-0.3, -0.25) is 5.43 Å². The molecule has 0 unspecified atom stereocenters. The lowest BCUT2D eigenvalue weighted by Crippen LogP contribution is -2.39. The molecule has 0 spiro atoms. The van der Waals surface area contributed by atoms with Gasteiger partial charge < -0.3 is 5.32 Å². The predicted octanol–water partition coefficient (Wildman–Crippen LogP) is 1.28. The van der Waals surface area contributed by atoms with Crippen molar-refractivity contribution in [1.82, 2.24) is 10.7 Å². The number of hydrazine groups is 1. The summed E-state index contributed by atoms with van der Waals surface area (Å²) in [5.74, 6) is 4.97. The highest BCUT2D eigenvalue weighted by atomic mass is 16.2. The number of carbonyl (C=O) groups excluding carboxylic acids is 1. The minimum absolute atomic E-state index is 0.368. The SMILES string of the molecule is Cc1cc(C)c(CNC(=O)NN)cc1C. The van der Waals surface area contributed by atoms with Crippen molar-refractivity contribution in [3.8, 4) is 0 Å². The minimum atomic E-state index is -0.368. The topological polar surface area (TPSA) is 67.2 Å². The first kappa shape index (κ1) is 11.5. The molecule has 0 fully saturated rings. The Morgan fingerprint density at radius 2 is 1.80 bits per heavy atom. The van der Waals surface area contributed by atoms with Crippen molar-refractivity contribution in [2.45, 2.75) is 27.3 Å². The first-order valence-corrected chi connectivity index (χ1v) is 4.85. The molecular weight excluding hydrogens is 190 g/mol. The van der Waals surface area contributed by atoms with Gasteiger partial charge in [-0.25, -0.2) is 10.6 Å². The second kappa shape index (κ2) is 4.79. The molecular formula is C11H17N3O. The Kier molecular flexibility index (Phi) is 3.68. The third-order valence-electron chi connectivity index (χ3n) is 2.52. The maximum Gasteiger partial charge on any atom is 0.329 e. The molecule has 4 nitrogen and oxygen atoms in total. The van der Waals surface area contributed by atoms with Crippen molar-refractivity contribution < 1.29 is 4.79 Å². The summed E-state index contributed by atoms with van der Waals surface area (Å²) in [6.45, 7) is 6.66. The molecule has 1 aromatic rings.